The maximum absolute atomic E-state index is 2.75. The number of hydrogen-bond donors (Lipinski definition) is 0. The summed E-state index contributed by atoms with van der Waals surface area (Å²) >= 11 is 0. The maximum Gasteiger partial charge on any atom is 0.360 e. The molecule has 0 spiro atoms. The van der Waals surface area contributed by atoms with Crippen LogP contribution in [0.15, 0.2) is 48.5 Å². The molecule has 0 radical (unpaired) electrons. The fraction of sp³-hybridized carbons (Fsp3) is 0.629. The van der Waals surface area contributed by atoms with Crippen LogP contribution in [0.3, 0.4) is 0 Å². The van der Waals surface area contributed by atoms with Gasteiger partial charge in [0, 0.05) is 0 Å². The number of rotatable bonds is 18. The Morgan fingerprint density at radius 1 is 0.526 bits per heavy atom. The van der Waals surface area contributed by atoms with Crippen LogP contribution >= 0.6 is 0 Å². The van der Waals surface area contributed by atoms with Gasteiger partial charge in [0.1, 0.15) is 11.4 Å². The molecule has 38 heavy (non-hydrogen) atoms. The Morgan fingerprint density at radius 2 is 0.895 bits per heavy atom. The topological polar surface area (TPSA) is 9.49 Å². The maximum atomic E-state index is 2.75. The van der Waals surface area contributed by atoms with E-state index in [4.69, 9.17) is 0 Å². The summed E-state index contributed by atoms with van der Waals surface area (Å²) in [6.07, 6.45) is 15.2. The van der Waals surface area contributed by atoms with E-state index in [0.29, 0.717) is 0 Å². The number of anilines is 2. The van der Waals surface area contributed by atoms with Crippen molar-refractivity contribution in [2.24, 2.45) is 0 Å². The van der Waals surface area contributed by atoms with E-state index < -0.39 is 0 Å². The molecule has 0 aliphatic carbocycles. The fourth-order valence-electron chi connectivity index (χ4n) is 5.08. The molecule has 3 heteroatoms. The van der Waals surface area contributed by atoms with Crippen LogP contribution in [0.25, 0.3) is 0 Å². The predicted octanol–water partition coefficient (Wildman–Crippen LogP) is 9.87. The molecule has 0 amide bonds. The van der Waals surface area contributed by atoms with Gasteiger partial charge in [-0.25, -0.2) is 0 Å². The summed E-state index contributed by atoms with van der Waals surface area (Å²) in [5.41, 5.74) is 5.15. The predicted molar refractivity (Wildman–Crippen MR) is 169 cm³/mol. The smallest absolute Gasteiger partial charge is 0.264 e. The van der Waals surface area contributed by atoms with Gasteiger partial charge in [0.25, 0.3) is 0 Å². The lowest BCUT2D eigenvalue weighted by Crippen LogP contribution is -2.49. The normalized spacial score (nSPS) is 11.0. The number of guanidine groups is 1. The highest BCUT2D eigenvalue weighted by molar-refractivity contribution is 6.00. The van der Waals surface area contributed by atoms with Crippen molar-refractivity contribution in [1.29, 1.82) is 0 Å². The van der Waals surface area contributed by atoms with Crippen molar-refractivity contribution in [2.75, 3.05) is 31.1 Å². The van der Waals surface area contributed by atoms with Crippen LogP contribution in [0, 0.1) is 13.8 Å². The van der Waals surface area contributed by atoms with Gasteiger partial charge in [0.2, 0.25) is 0 Å². The van der Waals surface area contributed by atoms with Gasteiger partial charge < -0.3 is 0 Å². The third-order valence-electron chi connectivity index (χ3n) is 7.48. The van der Waals surface area contributed by atoms with Crippen molar-refractivity contribution in [1.82, 2.24) is 4.90 Å². The van der Waals surface area contributed by atoms with E-state index in [-0.39, 0.29) is 0 Å². The average Bonchev–Trinajstić information content (AvgIpc) is 2.92. The van der Waals surface area contributed by atoms with E-state index in [1.54, 1.807) is 0 Å². The van der Waals surface area contributed by atoms with Crippen LogP contribution in [-0.4, -0.2) is 41.6 Å². The van der Waals surface area contributed by atoms with Crippen molar-refractivity contribution < 1.29 is 4.58 Å². The number of nitrogens with zero attached hydrogens (tertiary/aromatic N) is 3. The highest BCUT2D eigenvalue weighted by Crippen LogP contribution is 2.28. The van der Waals surface area contributed by atoms with Gasteiger partial charge in [0.05, 0.1) is 26.2 Å². The summed E-state index contributed by atoms with van der Waals surface area (Å²) in [6.45, 7) is 18.1. The zero-order chi connectivity index (χ0) is 27.6. The minimum Gasteiger partial charge on any atom is -0.264 e. The van der Waals surface area contributed by atoms with Gasteiger partial charge >= 0.3 is 5.96 Å². The lowest BCUT2D eigenvalue weighted by Gasteiger charge is -2.31. The van der Waals surface area contributed by atoms with Gasteiger partial charge in [-0.15, -0.1) is 0 Å². The van der Waals surface area contributed by atoms with Crippen LogP contribution in [0.5, 0.6) is 0 Å². The SMILES string of the molecule is CCCCCN(CCCCC)C(N(c1ccc(C)cc1)c1ccc(C)cc1)=[N+](CCCCC)CCCCC. The molecule has 212 valence electrons. The van der Waals surface area contributed by atoms with Gasteiger partial charge in [-0.2, -0.15) is 4.90 Å². The van der Waals surface area contributed by atoms with E-state index in [1.807, 2.05) is 0 Å². The van der Waals surface area contributed by atoms with E-state index in [2.05, 4.69) is 104 Å². The Balaban J connectivity index is 2.74. The summed E-state index contributed by atoms with van der Waals surface area (Å²) < 4.78 is 2.75. The number of hydrogen-bond acceptors (Lipinski definition) is 0. The van der Waals surface area contributed by atoms with Crippen LogP contribution in [0.2, 0.25) is 0 Å². The highest BCUT2D eigenvalue weighted by Gasteiger charge is 2.32. The van der Waals surface area contributed by atoms with E-state index in [1.165, 1.54) is 106 Å². The molecule has 0 heterocycles. The lowest BCUT2D eigenvalue weighted by atomic mass is 10.1. The third-order valence-corrected chi connectivity index (χ3v) is 7.48. The van der Waals surface area contributed by atoms with Crippen LogP contribution in [-0.2, 0) is 0 Å². The molecular formula is C35H58N3+. The van der Waals surface area contributed by atoms with Crippen LogP contribution in [0.1, 0.15) is 116 Å². The molecule has 0 aliphatic heterocycles. The second kappa shape index (κ2) is 18.9. The first-order chi connectivity index (χ1) is 18.5. The molecule has 0 bridgehead atoms. The molecule has 0 aliphatic rings. The molecule has 3 nitrogen and oxygen atoms in total. The van der Waals surface area contributed by atoms with E-state index in [9.17, 15) is 0 Å². The van der Waals surface area contributed by atoms with Crippen LogP contribution < -0.4 is 4.90 Å². The molecular weight excluding hydrogens is 462 g/mol. The zero-order valence-electron chi connectivity index (χ0n) is 25.8. The largest absolute Gasteiger partial charge is 0.360 e. The molecule has 2 aromatic rings. The molecule has 0 saturated heterocycles. The summed E-state index contributed by atoms with van der Waals surface area (Å²) in [6, 6.07) is 18.4. The second-order valence-electron chi connectivity index (χ2n) is 11.1. The number of aryl methyl sites for hydroxylation is 2. The van der Waals surface area contributed by atoms with Crippen molar-refractivity contribution >= 4 is 17.3 Å². The van der Waals surface area contributed by atoms with E-state index in [0.717, 1.165) is 26.2 Å². The second-order valence-corrected chi connectivity index (χ2v) is 11.1. The Bertz CT molecular complexity index is 830. The molecule has 2 rings (SSSR count). The minimum absolute atomic E-state index is 1.12. The molecule has 0 N–H and O–H groups in total. The van der Waals surface area contributed by atoms with Crippen LogP contribution in [0.4, 0.5) is 11.4 Å². The Hall–Kier alpha value is -2.29. The number of benzene rings is 2. The average molecular weight is 521 g/mol. The van der Waals surface area contributed by atoms with Crippen molar-refractivity contribution in [3.05, 3.63) is 59.7 Å². The third kappa shape index (κ3) is 10.8. The standard InChI is InChI=1S/C35H58N3/c1-7-11-15-27-36(28-16-12-8-2)35(37(29-17-13-9-3)30-18-14-10-4)38(33-23-19-31(5)20-24-33)34-25-21-32(6)22-26-34/h19-26H,7-18,27-30H2,1-6H3/q+1. The zero-order valence-corrected chi connectivity index (χ0v) is 25.8. The Labute approximate surface area is 236 Å². The fourth-order valence-corrected chi connectivity index (χ4v) is 5.08. The summed E-state index contributed by atoms with van der Waals surface area (Å²) in [7, 11) is 0. The lowest BCUT2D eigenvalue weighted by molar-refractivity contribution is -0.534. The molecule has 0 unspecified atom stereocenters. The van der Waals surface area contributed by atoms with Gasteiger partial charge in [-0.05, 0) is 63.8 Å². The molecule has 0 fully saturated rings. The van der Waals surface area contributed by atoms with E-state index >= 15 is 0 Å². The monoisotopic (exact) mass is 520 g/mol. The first-order valence-electron chi connectivity index (χ1n) is 15.9. The minimum atomic E-state index is 1.12. The quantitative estimate of drug-likeness (QED) is 0.0837. The first kappa shape index (κ1) is 31.9. The van der Waals surface area contributed by atoms with Gasteiger partial charge in [-0.3, -0.25) is 9.48 Å². The molecule has 0 saturated carbocycles. The van der Waals surface area contributed by atoms with Gasteiger partial charge in [0.15, 0.2) is 0 Å². The Kier molecular flexibility index (Phi) is 15.9. The molecule has 0 atom stereocenters. The summed E-state index contributed by atoms with van der Waals surface area (Å²) in [5.74, 6) is 1.40. The van der Waals surface area contributed by atoms with Gasteiger partial charge in [-0.1, -0.05) is 114 Å². The number of unbranched alkanes of at least 4 members (excludes halogenated alkanes) is 8. The summed E-state index contributed by atoms with van der Waals surface area (Å²) in [4.78, 5) is 5.33. The molecule has 0 aromatic heterocycles. The van der Waals surface area contributed by atoms with Crippen molar-refractivity contribution in [3.8, 4) is 0 Å². The molecule has 2 aromatic carbocycles. The highest BCUT2D eigenvalue weighted by atomic mass is 15.4. The summed E-state index contributed by atoms with van der Waals surface area (Å²) in [5, 5.41) is 0. The van der Waals surface area contributed by atoms with Crippen molar-refractivity contribution in [3.63, 3.8) is 0 Å². The van der Waals surface area contributed by atoms with Crippen molar-refractivity contribution in [2.45, 2.75) is 119 Å². The Morgan fingerprint density at radius 3 is 1.26 bits per heavy atom. The first-order valence-corrected chi connectivity index (χ1v) is 15.9.